The normalized spacial score (nSPS) is 17.7. The largest absolute Gasteiger partial charge is 0.371 e. The van der Waals surface area contributed by atoms with E-state index in [1.807, 2.05) is 12.1 Å². The number of carbonyl (C=O) groups excluding carboxylic acids is 1. The molecule has 1 saturated heterocycles. The fraction of sp³-hybridized carbons (Fsp3) is 0.278. The first-order chi connectivity index (χ1) is 11.2. The third-order valence-electron chi connectivity index (χ3n) is 3.84. The van der Waals surface area contributed by atoms with Crippen LogP contribution in [-0.4, -0.2) is 25.6 Å². The zero-order valence-corrected chi connectivity index (χ0v) is 13.5. The van der Waals surface area contributed by atoms with Crippen molar-refractivity contribution in [2.75, 3.05) is 19.7 Å². The Morgan fingerprint density at radius 2 is 1.91 bits per heavy atom. The molecular formula is C18H19ClN2O2. The van der Waals surface area contributed by atoms with Crippen LogP contribution in [0, 0.1) is 0 Å². The highest BCUT2D eigenvalue weighted by atomic mass is 35.5. The van der Waals surface area contributed by atoms with Crippen molar-refractivity contribution in [3.05, 3.63) is 70.2 Å². The number of nitrogens with one attached hydrogen (secondary N) is 2. The molecule has 1 atom stereocenters. The Kier molecular flexibility index (Phi) is 5.28. The van der Waals surface area contributed by atoms with E-state index in [1.165, 1.54) is 0 Å². The summed E-state index contributed by atoms with van der Waals surface area (Å²) in [6.45, 7) is 2.98. The van der Waals surface area contributed by atoms with Crippen molar-refractivity contribution in [1.82, 2.24) is 10.6 Å². The van der Waals surface area contributed by atoms with Gasteiger partial charge < -0.3 is 15.4 Å². The number of hydrogen-bond donors (Lipinski definition) is 2. The lowest BCUT2D eigenvalue weighted by atomic mass is 10.1. The first kappa shape index (κ1) is 16.0. The van der Waals surface area contributed by atoms with E-state index in [-0.39, 0.29) is 12.0 Å². The second kappa shape index (κ2) is 7.59. The van der Waals surface area contributed by atoms with E-state index >= 15 is 0 Å². The molecule has 3 rings (SSSR count). The SMILES string of the molecule is O=C(NCc1ccc(C2CNCCO2)cc1)c1ccc(Cl)cc1. The molecule has 0 bridgehead atoms. The van der Waals surface area contributed by atoms with Gasteiger partial charge in [0, 0.05) is 30.2 Å². The molecule has 4 nitrogen and oxygen atoms in total. The summed E-state index contributed by atoms with van der Waals surface area (Å²) in [6, 6.07) is 15.0. The quantitative estimate of drug-likeness (QED) is 0.906. The highest BCUT2D eigenvalue weighted by Crippen LogP contribution is 2.19. The molecule has 2 aromatic carbocycles. The number of hydrogen-bond acceptors (Lipinski definition) is 3. The molecule has 0 saturated carbocycles. The van der Waals surface area contributed by atoms with Crippen LogP contribution in [0.1, 0.15) is 27.6 Å². The number of halogens is 1. The molecule has 0 aromatic heterocycles. The highest BCUT2D eigenvalue weighted by molar-refractivity contribution is 6.30. The highest BCUT2D eigenvalue weighted by Gasteiger charge is 2.15. The Morgan fingerprint density at radius 3 is 2.57 bits per heavy atom. The van der Waals surface area contributed by atoms with Crippen LogP contribution < -0.4 is 10.6 Å². The number of ether oxygens (including phenoxy) is 1. The predicted molar refractivity (Wildman–Crippen MR) is 90.6 cm³/mol. The van der Waals surface area contributed by atoms with Crippen LogP contribution >= 0.6 is 11.6 Å². The molecule has 1 aliphatic rings. The summed E-state index contributed by atoms with van der Waals surface area (Å²) in [6.07, 6.45) is 0.112. The van der Waals surface area contributed by atoms with Crippen LogP contribution in [-0.2, 0) is 11.3 Å². The Morgan fingerprint density at radius 1 is 1.17 bits per heavy atom. The Bertz CT molecular complexity index is 650. The van der Waals surface area contributed by atoms with Gasteiger partial charge in [0.1, 0.15) is 0 Å². The van der Waals surface area contributed by atoms with E-state index in [4.69, 9.17) is 16.3 Å². The third kappa shape index (κ3) is 4.32. The molecule has 120 valence electrons. The summed E-state index contributed by atoms with van der Waals surface area (Å²) in [4.78, 5) is 12.1. The lowest BCUT2D eigenvalue weighted by Gasteiger charge is -2.24. The Hall–Kier alpha value is -1.88. The van der Waals surface area contributed by atoms with Crippen molar-refractivity contribution >= 4 is 17.5 Å². The first-order valence-electron chi connectivity index (χ1n) is 7.67. The summed E-state index contributed by atoms with van der Waals surface area (Å²) < 4.78 is 5.73. The van der Waals surface area contributed by atoms with Crippen molar-refractivity contribution in [3.8, 4) is 0 Å². The van der Waals surface area contributed by atoms with Gasteiger partial charge in [-0.1, -0.05) is 35.9 Å². The molecule has 0 radical (unpaired) electrons. The fourth-order valence-electron chi connectivity index (χ4n) is 2.52. The molecule has 1 unspecified atom stereocenters. The summed E-state index contributed by atoms with van der Waals surface area (Å²) in [5, 5.41) is 6.85. The molecular weight excluding hydrogens is 312 g/mol. The van der Waals surface area contributed by atoms with Gasteiger partial charge >= 0.3 is 0 Å². The first-order valence-corrected chi connectivity index (χ1v) is 8.05. The summed E-state index contributed by atoms with van der Waals surface area (Å²) in [7, 11) is 0. The predicted octanol–water partition coefficient (Wildman–Crippen LogP) is 2.93. The minimum Gasteiger partial charge on any atom is -0.371 e. The van der Waals surface area contributed by atoms with Gasteiger partial charge in [0.05, 0.1) is 12.7 Å². The number of carbonyl (C=O) groups is 1. The number of morpholine rings is 1. The zero-order chi connectivity index (χ0) is 16.1. The molecule has 5 heteroatoms. The fourth-order valence-corrected chi connectivity index (χ4v) is 2.64. The number of rotatable bonds is 4. The summed E-state index contributed by atoms with van der Waals surface area (Å²) in [5.41, 5.74) is 2.82. The monoisotopic (exact) mass is 330 g/mol. The standard InChI is InChI=1S/C18H19ClN2O2/c19-16-7-5-15(6-8-16)18(22)21-11-13-1-3-14(4-2-13)17-12-20-9-10-23-17/h1-8,17,20H,9-12H2,(H,21,22). The summed E-state index contributed by atoms with van der Waals surface area (Å²) in [5.74, 6) is -0.106. The van der Waals surface area contributed by atoms with E-state index in [2.05, 4.69) is 22.8 Å². The van der Waals surface area contributed by atoms with Gasteiger partial charge in [-0.15, -0.1) is 0 Å². The molecule has 1 amide bonds. The average Bonchev–Trinajstić information content (AvgIpc) is 2.61. The lowest BCUT2D eigenvalue weighted by Crippen LogP contribution is -2.33. The molecule has 1 aliphatic heterocycles. The topological polar surface area (TPSA) is 50.4 Å². The van der Waals surface area contributed by atoms with Crippen LogP contribution in [0.3, 0.4) is 0 Å². The van der Waals surface area contributed by atoms with Crippen LogP contribution in [0.2, 0.25) is 5.02 Å². The maximum absolute atomic E-state index is 12.1. The second-order valence-electron chi connectivity index (χ2n) is 5.49. The summed E-state index contributed by atoms with van der Waals surface area (Å²) >= 11 is 5.82. The van der Waals surface area contributed by atoms with E-state index in [0.29, 0.717) is 17.1 Å². The van der Waals surface area contributed by atoms with Gasteiger partial charge in [-0.3, -0.25) is 4.79 Å². The molecule has 1 fully saturated rings. The van der Waals surface area contributed by atoms with Crippen LogP contribution in [0.15, 0.2) is 48.5 Å². The lowest BCUT2D eigenvalue weighted by molar-refractivity contribution is 0.0277. The minimum absolute atomic E-state index is 0.106. The Balaban J connectivity index is 1.55. The van der Waals surface area contributed by atoms with E-state index in [1.54, 1.807) is 24.3 Å². The van der Waals surface area contributed by atoms with Crippen LogP contribution in [0.4, 0.5) is 0 Å². The van der Waals surface area contributed by atoms with E-state index in [9.17, 15) is 4.79 Å². The molecule has 1 heterocycles. The zero-order valence-electron chi connectivity index (χ0n) is 12.7. The van der Waals surface area contributed by atoms with Crippen molar-refractivity contribution in [3.63, 3.8) is 0 Å². The van der Waals surface area contributed by atoms with Gasteiger partial charge in [0.25, 0.3) is 5.91 Å². The average molecular weight is 331 g/mol. The maximum Gasteiger partial charge on any atom is 0.251 e. The van der Waals surface area contributed by atoms with Gasteiger partial charge in [0.2, 0.25) is 0 Å². The van der Waals surface area contributed by atoms with E-state index < -0.39 is 0 Å². The van der Waals surface area contributed by atoms with Gasteiger partial charge in [-0.2, -0.15) is 0 Å². The molecule has 0 aliphatic carbocycles. The van der Waals surface area contributed by atoms with Gasteiger partial charge in [-0.05, 0) is 35.4 Å². The maximum atomic E-state index is 12.1. The number of amides is 1. The van der Waals surface area contributed by atoms with Gasteiger partial charge in [0.15, 0.2) is 0 Å². The second-order valence-corrected chi connectivity index (χ2v) is 5.93. The minimum atomic E-state index is -0.106. The van der Waals surface area contributed by atoms with Crippen LogP contribution in [0.25, 0.3) is 0 Å². The van der Waals surface area contributed by atoms with Crippen molar-refractivity contribution in [2.45, 2.75) is 12.6 Å². The Labute approximate surface area is 140 Å². The van der Waals surface area contributed by atoms with Crippen molar-refractivity contribution < 1.29 is 9.53 Å². The molecule has 23 heavy (non-hydrogen) atoms. The van der Waals surface area contributed by atoms with Gasteiger partial charge in [-0.25, -0.2) is 0 Å². The molecule has 2 aromatic rings. The molecule has 0 spiro atoms. The van der Waals surface area contributed by atoms with E-state index in [0.717, 1.165) is 30.8 Å². The smallest absolute Gasteiger partial charge is 0.251 e. The molecule has 2 N–H and O–H groups in total. The van der Waals surface area contributed by atoms with Crippen molar-refractivity contribution in [1.29, 1.82) is 0 Å². The number of benzene rings is 2. The van der Waals surface area contributed by atoms with Crippen molar-refractivity contribution in [2.24, 2.45) is 0 Å². The van der Waals surface area contributed by atoms with Crippen LogP contribution in [0.5, 0.6) is 0 Å². The third-order valence-corrected chi connectivity index (χ3v) is 4.09.